The number of hydrogen-bond acceptors (Lipinski definition) is 2. The second kappa shape index (κ2) is 3.96. The molecule has 4 rings (SSSR count). The fourth-order valence-electron chi connectivity index (χ4n) is 5.82. The zero-order chi connectivity index (χ0) is 12.1. The lowest BCUT2D eigenvalue weighted by Crippen LogP contribution is -2.59. The SMILES string of the molecule is CCC[C@H](N)C12C[C@H]3C[C@@H](CC(CN)(C3)C1)C2. The second-order valence-electron chi connectivity index (χ2n) is 7.42. The molecule has 0 radical (unpaired) electrons. The van der Waals surface area contributed by atoms with Crippen molar-refractivity contribution in [3.05, 3.63) is 0 Å². The number of rotatable bonds is 4. The van der Waals surface area contributed by atoms with Crippen LogP contribution in [0, 0.1) is 22.7 Å². The van der Waals surface area contributed by atoms with Crippen LogP contribution in [0.2, 0.25) is 0 Å². The summed E-state index contributed by atoms with van der Waals surface area (Å²) in [7, 11) is 0. The summed E-state index contributed by atoms with van der Waals surface area (Å²) in [5, 5.41) is 0. The molecular formula is C15H28N2. The summed E-state index contributed by atoms with van der Waals surface area (Å²) in [6, 6.07) is 0.435. The maximum atomic E-state index is 6.56. The first-order valence-electron chi connectivity index (χ1n) is 7.57. The molecule has 0 heterocycles. The van der Waals surface area contributed by atoms with Gasteiger partial charge in [0.2, 0.25) is 0 Å². The average molecular weight is 236 g/mol. The molecule has 4 N–H and O–H groups in total. The summed E-state index contributed by atoms with van der Waals surface area (Å²) in [6.45, 7) is 3.17. The van der Waals surface area contributed by atoms with Crippen LogP contribution in [-0.2, 0) is 0 Å². The van der Waals surface area contributed by atoms with Gasteiger partial charge < -0.3 is 11.5 Å². The Kier molecular flexibility index (Phi) is 2.79. The van der Waals surface area contributed by atoms with Gasteiger partial charge in [-0.2, -0.15) is 0 Å². The minimum atomic E-state index is 0.435. The Bertz CT molecular complexity index is 285. The van der Waals surface area contributed by atoms with Crippen LogP contribution >= 0.6 is 0 Å². The molecule has 4 fully saturated rings. The quantitative estimate of drug-likeness (QED) is 0.788. The van der Waals surface area contributed by atoms with E-state index in [-0.39, 0.29) is 0 Å². The third-order valence-electron chi connectivity index (χ3n) is 6.05. The molecule has 0 aliphatic heterocycles. The molecule has 4 bridgehead atoms. The average Bonchev–Trinajstić information content (AvgIpc) is 2.27. The van der Waals surface area contributed by atoms with E-state index in [9.17, 15) is 0 Å². The minimum absolute atomic E-state index is 0.435. The molecule has 0 spiro atoms. The van der Waals surface area contributed by atoms with Crippen molar-refractivity contribution in [2.45, 2.75) is 64.3 Å². The van der Waals surface area contributed by atoms with Gasteiger partial charge in [0, 0.05) is 6.04 Å². The van der Waals surface area contributed by atoms with Crippen molar-refractivity contribution in [2.75, 3.05) is 6.54 Å². The third kappa shape index (κ3) is 1.76. The van der Waals surface area contributed by atoms with Gasteiger partial charge in [0.15, 0.2) is 0 Å². The van der Waals surface area contributed by atoms with Crippen molar-refractivity contribution in [3.8, 4) is 0 Å². The van der Waals surface area contributed by atoms with Gasteiger partial charge in [-0.1, -0.05) is 13.3 Å². The highest BCUT2D eigenvalue weighted by molar-refractivity contribution is 5.10. The Hall–Kier alpha value is -0.0800. The van der Waals surface area contributed by atoms with Gasteiger partial charge >= 0.3 is 0 Å². The fourth-order valence-corrected chi connectivity index (χ4v) is 5.82. The summed E-state index contributed by atoms with van der Waals surface area (Å²) in [4.78, 5) is 0. The maximum absolute atomic E-state index is 6.56. The molecule has 0 aromatic carbocycles. The highest BCUT2D eigenvalue weighted by Crippen LogP contribution is 2.65. The molecule has 0 unspecified atom stereocenters. The van der Waals surface area contributed by atoms with Gasteiger partial charge in [-0.25, -0.2) is 0 Å². The lowest BCUT2D eigenvalue weighted by Gasteiger charge is -2.63. The van der Waals surface area contributed by atoms with E-state index in [1.165, 1.54) is 51.4 Å². The van der Waals surface area contributed by atoms with Gasteiger partial charge in [-0.05, 0) is 74.2 Å². The van der Waals surface area contributed by atoms with E-state index in [0.29, 0.717) is 16.9 Å². The summed E-state index contributed by atoms with van der Waals surface area (Å²) < 4.78 is 0. The van der Waals surface area contributed by atoms with E-state index in [0.717, 1.165) is 18.4 Å². The zero-order valence-corrected chi connectivity index (χ0v) is 11.3. The predicted octanol–water partition coefficient (Wildman–Crippen LogP) is 2.66. The van der Waals surface area contributed by atoms with Crippen molar-refractivity contribution in [1.82, 2.24) is 0 Å². The van der Waals surface area contributed by atoms with Gasteiger partial charge in [0.05, 0.1) is 0 Å². The van der Waals surface area contributed by atoms with Crippen LogP contribution < -0.4 is 11.5 Å². The molecule has 0 amide bonds. The first-order valence-corrected chi connectivity index (χ1v) is 7.57. The van der Waals surface area contributed by atoms with Gasteiger partial charge in [0.1, 0.15) is 0 Å². The molecule has 4 aliphatic carbocycles. The monoisotopic (exact) mass is 236 g/mol. The largest absolute Gasteiger partial charge is 0.330 e. The second-order valence-corrected chi connectivity index (χ2v) is 7.42. The minimum Gasteiger partial charge on any atom is -0.330 e. The van der Waals surface area contributed by atoms with Crippen LogP contribution in [0.25, 0.3) is 0 Å². The molecule has 0 saturated heterocycles. The molecule has 98 valence electrons. The zero-order valence-electron chi connectivity index (χ0n) is 11.3. The Morgan fingerprint density at radius 1 is 1.18 bits per heavy atom. The predicted molar refractivity (Wildman–Crippen MR) is 71.5 cm³/mol. The first-order chi connectivity index (χ1) is 8.11. The molecular weight excluding hydrogens is 208 g/mol. The Morgan fingerprint density at radius 3 is 2.35 bits per heavy atom. The van der Waals surface area contributed by atoms with E-state index in [2.05, 4.69) is 6.92 Å². The van der Waals surface area contributed by atoms with E-state index in [1.807, 2.05) is 0 Å². The topological polar surface area (TPSA) is 52.0 Å². The highest BCUT2D eigenvalue weighted by atomic mass is 14.8. The third-order valence-corrected chi connectivity index (χ3v) is 6.05. The summed E-state index contributed by atoms with van der Waals surface area (Å²) in [6.07, 6.45) is 10.9. The molecule has 0 aromatic rings. The van der Waals surface area contributed by atoms with E-state index in [1.54, 1.807) is 0 Å². The molecule has 2 nitrogen and oxygen atoms in total. The van der Waals surface area contributed by atoms with Crippen molar-refractivity contribution < 1.29 is 0 Å². The summed E-state index contributed by atoms with van der Waals surface area (Å²) in [5.41, 5.74) is 13.6. The van der Waals surface area contributed by atoms with E-state index in [4.69, 9.17) is 11.5 Å². The molecule has 4 aliphatic rings. The van der Waals surface area contributed by atoms with Crippen LogP contribution in [0.15, 0.2) is 0 Å². The molecule has 4 saturated carbocycles. The number of nitrogens with two attached hydrogens (primary N) is 2. The summed E-state index contributed by atoms with van der Waals surface area (Å²) in [5.74, 6) is 1.89. The van der Waals surface area contributed by atoms with Crippen LogP contribution in [-0.4, -0.2) is 12.6 Å². The molecule has 2 heteroatoms. The first kappa shape index (κ1) is 12.0. The lowest BCUT2D eigenvalue weighted by molar-refractivity contribution is -0.117. The van der Waals surface area contributed by atoms with E-state index < -0.39 is 0 Å². The van der Waals surface area contributed by atoms with Crippen molar-refractivity contribution in [2.24, 2.45) is 34.1 Å². The van der Waals surface area contributed by atoms with Crippen molar-refractivity contribution >= 4 is 0 Å². The van der Waals surface area contributed by atoms with Gasteiger partial charge in [0.25, 0.3) is 0 Å². The maximum Gasteiger partial charge on any atom is 0.00958 e. The summed E-state index contributed by atoms with van der Waals surface area (Å²) >= 11 is 0. The normalized spacial score (nSPS) is 49.6. The van der Waals surface area contributed by atoms with Crippen molar-refractivity contribution in [1.29, 1.82) is 0 Å². The van der Waals surface area contributed by atoms with Crippen LogP contribution in [0.3, 0.4) is 0 Å². The molecule has 17 heavy (non-hydrogen) atoms. The highest BCUT2D eigenvalue weighted by Gasteiger charge is 2.58. The molecule has 3 atom stereocenters. The standard InChI is InChI=1S/C15H28N2/c1-2-3-13(17)15-7-11-4-12(8-15)6-14(5-11,9-15)10-16/h11-13H,2-10,16-17H2,1H3/t11-,12-,13-,14?,15?/m0/s1. The Morgan fingerprint density at radius 2 is 1.82 bits per heavy atom. The fraction of sp³-hybridized carbons (Fsp3) is 1.00. The van der Waals surface area contributed by atoms with Crippen LogP contribution in [0.1, 0.15) is 58.3 Å². The van der Waals surface area contributed by atoms with Gasteiger partial charge in [-0.15, -0.1) is 0 Å². The van der Waals surface area contributed by atoms with E-state index >= 15 is 0 Å². The smallest absolute Gasteiger partial charge is 0.00958 e. The van der Waals surface area contributed by atoms with Crippen LogP contribution in [0.5, 0.6) is 0 Å². The Balaban J connectivity index is 1.87. The van der Waals surface area contributed by atoms with Crippen molar-refractivity contribution in [3.63, 3.8) is 0 Å². The Labute approximate surface area is 106 Å². The molecule has 0 aromatic heterocycles. The van der Waals surface area contributed by atoms with Gasteiger partial charge in [-0.3, -0.25) is 0 Å². The lowest BCUT2D eigenvalue weighted by atomic mass is 9.42. The van der Waals surface area contributed by atoms with Crippen LogP contribution in [0.4, 0.5) is 0 Å². The number of hydrogen-bond donors (Lipinski definition) is 2.